The first-order valence-corrected chi connectivity index (χ1v) is 8.43. The average molecular weight is 333 g/mol. The lowest BCUT2D eigenvalue weighted by Crippen LogP contribution is -2.11. The van der Waals surface area contributed by atoms with Crippen LogP contribution < -0.4 is 5.32 Å². The van der Waals surface area contributed by atoms with Crippen LogP contribution in [0.3, 0.4) is 0 Å². The van der Waals surface area contributed by atoms with Crippen LogP contribution in [0.25, 0.3) is 10.2 Å². The molecule has 0 fully saturated rings. The Kier molecular flexibility index (Phi) is 4.53. The molecule has 2 rings (SSSR count). The number of hydrogen-bond acceptors (Lipinski definition) is 4. The molecule has 1 heterocycles. The first kappa shape index (κ1) is 13.0. The number of nitrogens with one attached hydrogen (secondary N) is 1. The number of rotatable bonds is 5. The number of anilines is 1. The Labute approximate surface area is 115 Å². The zero-order valence-electron chi connectivity index (χ0n) is 9.40. The molecule has 0 bridgehead atoms. The maximum Gasteiger partial charge on any atom is 0.183 e. The summed E-state index contributed by atoms with van der Waals surface area (Å²) in [7, 11) is -0.715. The molecule has 6 heteroatoms. The van der Waals surface area contributed by atoms with Crippen molar-refractivity contribution in [3.8, 4) is 0 Å². The number of benzene rings is 1. The van der Waals surface area contributed by atoms with Crippen molar-refractivity contribution in [2.45, 2.75) is 6.92 Å². The highest BCUT2D eigenvalue weighted by molar-refractivity contribution is 9.10. The number of thiazole rings is 1. The first-order chi connectivity index (χ1) is 8.19. The van der Waals surface area contributed by atoms with Crippen molar-refractivity contribution in [3.05, 3.63) is 22.7 Å². The zero-order valence-corrected chi connectivity index (χ0v) is 12.6. The number of hydrogen-bond donors (Lipinski definition) is 1. The molecule has 2 aromatic rings. The highest BCUT2D eigenvalue weighted by atomic mass is 79.9. The highest BCUT2D eigenvalue weighted by Crippen LogP contribution is 2.27. The molecule has 0 aliphatic carbocycles. The summed E-state index contributed by atoms with van der Waals surface area (Å²) < 4.78 is 13.5. The van der Waals surface area contributed by atoms with Gasteiger partial charge < -0.3 is 5.32 Å². The van der Waals surface area contributed by atoms with Gasteiger partial charge >= 0.3 is 0 Å². The van der Waals surface area contributed by atoms with E-state index in [4.69, 9.17) is 0 Å². The summed E-state index contributed by atoms with van der Waals surface area (Å²) in [5.41, 5.74) is 0.989. The third-order valence-electron chi connectivity index (χ3n) is 2.28. The normalized spacial score (nSPS) is 12.8. The average Bonchev–Trinajstić information content (AvgIpc) is 2.70. The van der Waals surface area contributed by atoms with Gasteiger partial charge in [0.05, 0.1) is 10.2 Å². The molecule has 92 valence electrons. The van der Waals surface area contributed by atoms with Gasteiger partial charge in [0.15, 0.2) is 5.13 Å². The van der Waals surface area contributed by atoms with Gasteiger partial charge in [-0.05, 0) is 18.2 Å². The molecular formula is C11H13BrN2OS2. The van der Waals surface area contributed by atoms with Gasteiger partial charge in [0.25, 0.3) is 0 Å². The number of halogens is 1. The zero-order chi connectivity index (χ0) is 12.3. The molecular weight excluding hydrogens is 320 g/mol. The minimum absolute atomic E-state index is 0.677. The Hall–Kier alpha value is -0.460. The summed E-state index contributed by atoms with van der Waals surface area (Å²) >= 11 is 5.05. The summed E-state index contributed by atoms with van der Waals surface area (Å²) in [6.45, 7) is 2.65. The number of nitrogens with zero attached hydrogens (tertiary/aromatic N) is 1. The number of fused-ring (bicyclic) bond motifs is 1. The lowest BCUT2D eigenvalue weighted by molar-refractivity contribution is 0.684. The Balaban J connectivity index is 2.02. The van der Waals surface area contributed by atoms with Crippen molar-refractivity contribution >= 4 is 53.4 Å². The van der Waals surface area contributed by atoms with Gasteiger partial charge in [-0.2, -0.15) is 0 Å². The molecule has 0 amide bonds. The fourth-order valence-corrected chi connectivity index (χ4v) is 3.23. The third-order valence-corrected chi connectivity index (χ3v) is 5.07. The minimum Gasteiger partial charge on any atom is -0.361 e. The largest absolute Gasteiger partial charge is 0.361 e. The molecule has 1 atom stereocenters. The van der Waals surface area contributed by atoms with E-state index in [2.05, 4.69) is 26.2 Å². The molecule has 0 saturated heterocycles. The van der Waals surface area contributed by atoms with Crippen molar-refractivity contribution in [1.82, 2.24) is 4.98 Å². The Morgan fingerprint density at radius 2 is 2.35 bits per heavy atom. The fourth-order valence-electron chi connectivity index (χ4n) is 1.39. The van der Waals surface area contributed by atoms with E-state index >= 15 is 0 Å². The Bertz CT molecular complexity index is 541. The second kappa shape index (κ2) is 5.93. The summed E-state index contributed by atoms with van der Waals surface area (Å²) in [5, 5.41) is 4.11. The van der Waals surface area contributed by atoms with E-state index in [1.807, 2.05) is 25.1 Å². The van der Waals surface area contributed by atoms with E-state index in [0.29, 0.717) is 18.1 Å². The monoisotopic (exact) mass is 332 g/mol. The molecule has 0 aliphatic rings. The topological polar surface area (TPSA) is 42.0 Å². The van der Waals surface area contributed by atoms with Gasteiger partial charge in [-0.25, -0.2) is 4.98 Å². The fraction of sp³-hybridized carbons (Fsp3) is 0.364. The smallest absolute Gasteiger partial charge is 0.183 e. The molecule has 1 unspecified atom stereocenters. The van der Waals surface area contributed by atoms with Crippen molar-refractivity contribution in [2.75, 3.05) is 23.4 Å². The minimum atomic E-state index is -0.715. The first-order valence-electron chi connectivity index (χ1n) is 5.34. The SMILES string of the molecule is CCS(=O)CCNc1nc2cc(Br)ccc2s1. The molecule has 1 N–H and O–H groups in total. The van der Waals surface area contributed by atoms with Crippen LogP contribution in [0.2, 0.25) is 0 Å². The van der Waals surface area contributed by atoms with Gasteiger partial charge in [-0.1, -0.05) is 34.2 Å². The second-order valence-corrected chi connectivity index (χ2v) is 7.30. The van der Waals surface area contributed by atoms with Crippen LogP contribution in [-0.2, 0) is 10.8 Å². The summed E-state index contributed by atoms with van der Waals surface area (Å²) in [4.78, 5) is 4.47. The van der Waals surface area contributed by atoms with E-state index in [-0.39, 0.29) is 0 Å². The molecule has 0 spiro atoms. The van der Waals surface area contributed by atoms with Crippen LogP contribution in [0, 0.1) is 0 Å². The summed E-state index contributed by atoms with van der Waals surface area (Å²) in [6, 6.07) is 6.06. The van der Waals surface area contributed by atoms with Crippen LogP contribution >= 0.6 is 27.3 Å². The molecule has 3 nitrogen and oxygen atoms in total. The van der Waals surface area contributed by atoms with Gasteiger partial charge in [0, 0.05) is 33.3 Å². The van der Waals surface area contributed by atoms with E-state index in [1.165, 1.54) is 0 Å². The van der Waals surface area contributed by atoms with Crippen LogP contribution in [0.15, 0.2) is 22.7 Å². The van der Waals surface area contributed by atoms with Gasteiger partial charge in [0.1, 0.15) is 0 Å². The summed E-state index contributed by atoms with van der Waals surface area (Å²) in [6.07, 6.45) is 0. The van der Waals surface area contributed by atoms with E-state index in [1.54, 1.807) is 11.3 Å². The molecule has 0 saturated carbocycles. The maximum absolute atomic E-state index is 11.3. The van der Waals surface area contributed by atoms with Crippen molar-refractivity contribution in [2.24, 2.45) is 0 Å². The van der Waals surface area contributed by atoms with Crippen LogP contribution in [0.1, 0.15) is 6.92 Å². The van der Waals surface area contributed by atoms with E-state index in [9.17, 15) is 4.21 Å². The quantitative estimate of drug-likeness (QED) is 0.913. The van der Waals surface area contributed by atoms with Crippen LogP contribution in [0.5, 0.6) is 0 Å². The van der Waals surface area contributed by atoms with Gasteiger partial charge in [-0.15, -0.1) is 0 Å². The van der Waals surface area contributed by atoms with Crippen molar-refractivity contribution in [3.63, 3.8) is 0 Å². The van der Waals surface area contributed by atoms with Crippen LogP contribution in [-0.4, -0.2) is 27.2 Å². The van der Waals surface area contributed by atoms with E-state index < -0.39 is 10.8 Å². The molecule has 1 aromatic carbocycles. The molecule has 0 aliphatic heterocycles. The number of aromatic nitrogens is 1. The second-order valence-electron chi connectivity index (χ2n) is 3.49. The van der Waals surface area contributed by atoms with Gasteiger partial charge in [-0.3, -0.25) is 4.21 Å². The lowest BCUT2D eigenvalue weighted by Gasteiger charge is -2.00. The Morgan fingerprint density at radius 1 is 1.53 bits per heavy atom. The lowest BCUT2D eigenvalue weighted by atomic mass is 10.3. The Morgan fingerprint density at radius 3 is 3.12 bits per heavy atom. The standard InChI is InChI=1S/C11H13BrN2OS2/c1-2-17(15)6-5-13-11-14-9-7-8(12)3-4-10(9)16-11/h3-4,7H,2,5-6H2,1H3,(H,13,14). The third kappa shape index (κ3) is 3.50. The highest BCUT2D eigenvalue weighted by Gasteiger charge is 2.04. The van der Waals surface area contributed by atoms with Crippen LogP contribution in [0.4, 0.5) is 5.13 Å². The predicted molar refractivity (Wildman–Crippen MR) is 79.4 cm³/mol. The summed E-state index contributed by atoms with van der Waals surface area (Å²) in [5.74, 6) is 1.39. The molecule has 17 heavy (non-hydrogen) atoms. The maximum atomic E-state index is 11.3. The van der Waals surface area contributed by atoms with Crippen molar-refractivity contribution < 1.29 is 4.21 Å². The van der Waals surface area contributed by atoms with Gasteiger partial charge in [0.2, 0.25) is 0 Å². The van der Waals surface area contributed by atoms with Crippen molar-refractivity contribution in [1.29, 1.82) is 0 Å². The molecule has 1 aromatic heterocycles. The van der Waals surface area contributed by atoms with E-state index in [0.717, 1.165) is 19.8 Å². The predicted octanol–water partition coefficient (Wildman–Crippen LogP) is 3.24. The molecule has 0 radical (unpaired) electrons.